The summed E-state index contributed by atoms with van der Waals surface area (Å²) in [5, 5.41) is 0. The molecule has 0 aromatic heterocycles. The van der Waals surface area contributed by atoms with Gasteiger partial charge in [-0.05, 0) is 39.8 Å². The Balaban J connectivity index is 2.72. The van der Waals surface area contributed by atoms with Gasteiger partial charge in [-0.3, -0.25) is 4.79 Å². The van der Waals surface area contributed by atoms with Crippen LogP contribution in [0, 0.1) is 0 Å². The first-order valence-corrected chi connectivity index (χ1v) is 10.4. The van der Waals surface area contributed by atoms with E-state index in [-0.39, 0.29) is 0 Å². The molecule has 10 heteroatoms. The zero-order valence-electron chi connectivity index (χ0n) is 17.1. The maximum atomic E-state index is 13.0. The number of hydrogen-bond acceptors (Lipinski definition) is 4. The fourth-order valence-corrected chi connectivity index (χ4v) is 4.39. The van der Waals surface area contributed by atoms with Crippen LogP contribution in [0.4, 0.5) is 13.2 Å². The summed E-state index contributed by atoms with van der Waals surface area (Å²) >= 11 is 0. The Bertz CT molecular complexity index is 671. The summed E-state index contributed by atoms with van der Waals surface area (Å²) in [5.41, 5.74) is 5.38. The first-order valence-electron chi connectivity index (χ1n) is 9.32. The van der Waals surface area contributed by atoms with E-state index < -0.39 is 33.4 Å². The molecule has 29 heavy (non-hydrogen) atoms. The van der Waals surface area contributed by atoms with E-state index in [0.717, 1.165) is 13.0 Å². The predicted molar refractivity (Wildman–Crippen MR) is 108 cm³/mol. The van der Waals surface area contributed by atoms with E-state index in [1.165, 1.54) is 12.2 Å². The first-order chi connectivity index (χ1) is 13.5. The van der Waals surface area contributed by atoms with Crippen molar-refractivity contribution in [3.8, 4) is 0 Å². The van der Waals surface area contributed by atoms with Crippen LogP contribution >= 0.6 is 0 Å². The standard InChI is InChI=1S/C19H30F3N3O3S/c1-5-25(16(3)8-6-7-15(2)19(20,21)22)12-11-24(4)29(27)18(17(23)26)9-13-28-14-10-18/h6-8H,3,5,9-14H2,1-2,4H3,(H2,23,26)/b8-6-,15-7+. The number of hydrogen-bond donors (Lipinski definition) is 1. The molecule has 1 saturated heterocycles. The molecule has 1 heterocycles. The summed E-state index contributed by atoms with van der Waals surface area (Å²) in [6, 6.07) is 0. The van der Waals surface area contributed by atoms with Crippen molar-refractivity contribution in [3.05, 3.63) is 36.1 Å². The lowest BCUT2D eigenvalue weighted by molar-refractivity contribution is -0.122. The number of amides is 1. The van der Waals surface area contributed by atoms with Crippen LogP contribution in [0.5, 0.6) is 0 Å². The maximum absolute atomic E-state index is 13.0. The van der Waals surface area contributed by atoms with Crippen molar-refractivity contribution in [2.24, 2.45) is 5.73 Å². The smallest absolute Gasteiger partial charge is 0.381 e. The van der Waals surface area contributed by atoms with Gasteiger partial charge in [-0.1, -0.05) is 18.7 Å². The van der Waals surface area contributed by atoms with Crippen molar-refractivity contribution < 1.29 is 26.9 Å². The summed E-state index contributed by atoms with van der Waals surface area (Å²) in [4.78, 5) is 13.8. The molecule has 166 valence electrons. The van der Waals surface area contributed by atoms with E-state index in [4.69, 9.17) is 10.5 Å². The second kappa shape index (κ2) is 10.9. The molecule has 1 atom stereocenters. The minimum atomic E-state index is -4.36. The highest BCUT2D eigenvalue weighted by molar-refractivity contribution is 7.85. The molecule has 1 unspecified atom stereocenters. The van der Waals surface area contributed by atoms with Crippen molar-refractivity contribution in [1.29, 1.82) is 0 Å². The van der Waals surface area contributed by atoms with Gasteiger partial charge < -0.3 is 15.4 Å². The van der Waals surface area contributed by atoms with Crippen molar-refractivity contribution in [2.75, 3.05) is 39.9 Å². The monoisotopic (exact) mass is 437 g/mol. The van der Waals surface area contributed by atoms with Crippen molar-refractivity contribution in [2.45, 2.75) is 37.6 Å². The number of rotatable bonds is 10. The minimum Gasteiger partial charge on any atom is -0.381 e. The summed E-state index contributed by atoms with van der Waals surface area (Å²) in [7, 11) is 0.0277. The molecule has 6 nitrogen and oxygen atoms in total. The number of primary amides is 1. The Labute approximate surface area is 172 Å². The van der Waals surface area contributed by atoms with Crippen molar-refractivity contribution in [1.82, 2.24) is 9.21 Å². The number of likely N-dealkylation sites (N-methyl/N-ethyl adjacent to an activating group) is 2. The van der Waals surface area contributed by atoms with Crippen LogP contribution in [0.2, 0.25) is 0 Å². The zero-order valence-corrected chi connectivity index (χ0v) is 17.9. The summed E-state index contributed by atoms with van der Waals surface area (Å²) < 4.78 is 56.2. The Hall–Kier alpha value is -1.65. The second-order valence-electron chi connectivity index (χ2n) is 6.85. The first kappa shape index (κ1) is 25.4. The normalized spacial score (nSPS) is 18.8. The Morgan fingerprint density at radius 2 is 1.90 bits per heavy atom. The fraction of sp³-hybridized carbons (Fsp3) is 0.632. The molecule has 0 aromatic carbocycles. The minimum absolute atomic E-state index is 0.303. The molecule has 1 fully saturated rings. The molecule has 2 N–H and O–H groups in total. The average molecular weight is 438 g/mol. The van der Waals surface area contributed by atoms with E-state index in [1.807, 2.05) is 11.8 Å². The molecular formula is C19H30F3N3O3S. The summed E-state index contributed by atoms with van der Waals surface area (Å²) in [6.45, 7) is 8.80. The van der Waals surface area contributed by atoms with Crippen LogP contribution in [-0.2, 0) is 20.5 Å². The quantitative estimate of drug-likeness (QED) is 0.533. The molecule has 0 aliphatic carbocycles. The van der Waals surface area contributed by atoms with Gasteiger partial charge in [-0.2, -0.15) is 13.2 Å². The van der Waals surface area contributed by atoms with Crippen LogP contribution in [-0.4, -0.2) is 70.1 Å². The molecule has 0 saturated carbocycles. The molecule has 1 aliphatic rings. The molecule has 1 aliphatic heterocycles. The number of allylic oxidation sites excluding steroid dienone is 4. The molecular weight excluding hydrogens is 407 g/mol. The molecule has 0 aromatic rings. The average Bonchev–Trinajstić information content (AvgIpc) is 2.67. The maximum Gasteiger partial charge on any atom is 0.412 e. The summed E-state index contributed by atoms with van der Waals surface area (Å²) in [5.74, 6) is -0.600. The van der Waals surface area contributed by atoms with E-state index in [9.17, 15) is 22.2 Å². The molecule has 1 rings (SSSR count). The largest absolute Gasteiger partial charge is 0.412 e. The molecule has 0 radical (unpaired) electrons. The van der Waals surface area contributed by atoms with E-state index in [0.29, 0.717) is 51.4 Å². The van der Waals surface area contributed by atoms with Crippen LogP contribution in [0.25, 0.3) is 0 Å². The van der Waals surface area contributed by atoms with Gasteiger partial charge in [0.25, 0.3) is 0 Å². The molecule has 0 spiro atoms. The number of halogens is 3. The number of nitrogens with zero attached hydrogens (tertiary/aromatic N) is 2. The number of carbonyl (C=O) groups excluding carboxylic acids is 1. The van der Waals surface area contributed by atoms with Gasteiger partial charge in [0.2, 0.25) is 5.91 Å². The molecule has 0 bridgehead atoms. The fourth-order valence-electron chi connectivity index (χ4n) is 2.86. The third-order valence-electron chi connectivity index (χ3n) is 4.92. The van der Waals surface area contributed by atoms with E-state index >= 15 is 0 Å². The van der Waals surface area contributed by atoms with Crippen LogP contribution < -0.4 is 5.73 Å². The van der Waals surface area contributed by atoms with Gasteiger partial charge >= 0.3 is 6.18 Å². The zero-order chi connectivity index (χ0) is 22.2. The Kier molecular flexibility index (Phi) is 9.57. The SMILES string of the molecule is C=C(/C=C\C=C(/C)C(F)(F)F)N(CC)CCN(C)S(=O)C1(C(N)=O)CCOCC1. The Morgan fingerprint density at radius 3 is 2.38 bits per heavy atom. The van der Waals surface area contributed by atoms with Gasteiger partial charge in [0.05, 0.1) is 0 Å². The highest BCUT2D eigenvalue weighted by Crippen LogP contribution is 2.29. The lowest BCUT2D eigenvalue weighted by Crippen LogP contribution is -2.55. The summed E-state index contributed by atoms with van der Waals surface area (Å²) in [6.07, 6.45) is 0.0402. The number of carbonyl (C=O) groups is 1. The molecule has 1 amide bonds. The van der Waals surface area contributed by atoms with Crippen LogP contribution in [0.1, 0.15) is 26.7 Å². The van der Waals surface area contributed by atoms with Crippen LogP contribution in [0.15, 0.2) is 36.1 Å². The third kappa shape index (κ3) is 6.97. The number of nitrogens with two attached hydrogens (primary N) is 1. The predicted octanol–water partition coefficient (Wildman–Crippen LogP) is 2.52. The van der Waals surface area contributed by atoms with Crippen molar-refractivity contribution in [3.63, 3.8) is 0 Å². The topological polar surface area (TPSA) is 75.9 Å². The van der Waals surface area contributed by atoms with Gasteiger partial charge in [0.15, 0.2) is 0 Å². The van der Waals surface area contributed by atoms with Gasteiger partial charge in [0.1, 0.15) is 15.7 Å². The highest BCUT2D eigenvalue weighted by atomic mass is 32.2. The number of alkyl halides is 3. The van der Waals surface area contributed by atoms with E-state index in [1.54, 1.807) is 11.4 Å². The highest BCUT2D eigenvalue weighted by Gasteiger charge is 2.46. The van der Waals surface area contributed by atoms with Gasteiger partial charge in [0, 0.05) is 44.1 Å². The van der Waals surface area contributed by atoms with Crippen molar-refractivity contribution >= 4 is 16.9 Å². The second-order valence-corrected chi connectivity index (χ2v) is 8.75. The number of ether oxygens (including phenoxy) is 1. The lowest BCUT2D eigenvalue weighted by atomic mass is 9.98. The lowest BCUT2D eigenvalue weighted by Gasteiger charge is -2.36. The third-order valence-corrected chi connectivity index (χ3v) is 6.95. The van der Waals surface area contributed by atoms with Gasteiger partial charge in [-0.15, -0.1) is 0 Å². The Morgan fingerprint density at radius 1 is 1.31 bits per heavy atom. The van der Waals surface area contributed by atoms with Crippen LogP contribution in [0.3, 0.4) is 0 Å². The van der Waals surface area contributed by atoms with Gasteiger partial charge in [-0.25, -0.2) is 8.51 Å². The van der Waals surface area contributed by atoms with E-state index in [2.05, 4.69) is 6.58 Å².